The minimum atomic E-state index is -0.161. The van der Waals surface area contributed by atoms with Crippen LogP contribution in [0.25, 0.3) is 0 Å². The Kier molecular flexibility index (Phi) is 7.23. The van der Waals surface area contributed by atoms with Crippen LogP contribution in [0.15, 0.2) is 59.9 Å². The lowest BCUT2D eigenvalue weighted by atomic mass is 10.1. The predicted octanol–water partition coefficient (Wildman–Crippen LogP) is 2.53. The van der Waals surface area contributed by atoms with E-state index in [1.165, 1.54) is 0 Å². The van der Waals surface area contributed by atoms with E-state index in [1.54, 1.807) is 24.5 Å². The number of pyridine rings is 1. The first kappa shape index (κ1) is 19.7. The van der Waals surface area contributed by atoms with Crippen LogP contribution in [-0.4, -0.2) is 54.0 Å². The molecule has 0 unspecified atom stereocenters. The van der Waals surface area contributed by atoms with Crippen LogP contribution in [0.5, 0.6) is 5.75 Å². The van der Waals surface area contributed by atoms with Gasteiger partial charge in [-0.1, -0.05) is 18.2 Å². The third-order valence-corrected chi connectivity index (χ3v) is 4.44. The van der Waals surface area contributed by atoms with E-state index in [2.05, 4.69) is 25.5 Å². The summed E-state index contributed by atoms with van der Waals surface area (Å²) in [5, 5.41) is 6.08. The smallest absolute Gasteiger partial charge is 0.246 e. The van der Waals surface area contributed by atoms with Gasteiger partial charge in [0.25, 0.3) is 0 Å². The Morgan fingerprint density at radius 3 is 2.68 bits per heavy atom. The number of carbonyl (C=O) groups excluding carboxylic acids is 1. The molecule has 2 heterocycles. The number of amides is 1. The fraction of sp³-hybridized carbons (Fsp3) is 0.381. The van der Waals surface area contributed by atoms with Crippen molar-refractivity contribution in [1.82, 2.24) is 15.2 Å². The summed E-state index contributed by atoms with van der Waals surface area (Å²) in [5.74, 6) is 1.52. The first-order valence-electron chi connectivity index (χ1n) is 9.69. The van der Waals surface area contributed by atoms with Crippen LogP contribution in [0.4, 0.5) is 5.69 Å². The second-order valence-corrected chi connectivity index (χ2v) is 6.58. The summed E-state index contributed by atoms with van der Waals surface area (Å²) in [5.41, 5.74) is 0.673. The molecule has 1 amide bonds. The van der Waals surface area contributed by atoms with Crippen molar-refractivity contribution in [2.24, 2.45) is 4.99 Å². The average molecular weight is 381 g/mol. The van der Waals surface area contributed by atoms with Gasteiger partial charge in [0.05, 0.1) is 11.9 Å². The zero-order valence-corrected chi connectivity index (χ0v) is 16.2. The maximum atomic E-state index is 12.1. The molecule has 0 saturated carbocycles. The number of likely N-dealkylation sites (tertiary alicyclic amines) is 1. The van der Waals surface area contributed by atoms with Crippen molar-refractivity contribution in [2.45, 2.75) is 25.9 Å². The molecule has 0 bridgehead atoms. The summed E-state index contributed by atoms with van der Waals surface area (Å²) < 4.78 is 6.05. The molecule has 7 heteroatoms. The molecule has 0 spiro atoms. The topological polar surface area (TPSA) is 78.8 Å². The Bertz CT molecular complexity index is 759. The van der Waals surface area contributed by atoms with E-state index in [4.69, 9.17) is 4.74 Å². The number of guanidine groups is 1. The van der Waals surface area contributed by atoms with E-state index >= 15 is 0 Å². The molecule has 0 aliphatic carbocycles. The molecule has 3 rings (SSSR count). The number of aliphatic imine (C=N–C) groups is 1. The molecule has 1 fully saturated rings. The van der Waals surface area contributed by atoms with E-state index < -0.39 is 0 Å². The Hall–Kier alpha value is -3.09. The van der Waals surface area contributed by atoms with Crippen LogP contribution in [0, 0.1) is 0 Å². The van der Waals surface area contributed by atoms with Crippen LogP contribution < -0.4 is 15.4 Å². The Morgan fingerprint density at radius 2 is 2.00 bits per heavy atom. The third-order valence-electron chi connectivity index (χ3n) is 4.44. The Morgan fingerprint density at radius 1 is 1.21 bits per heavy atom. The summed E-state index contributed by atoms with van der Waals surface area (Å²) in [6.45, 7) is 4.53. The molecule has 1 aromatic carbocycles. The zero-order valence-electron chi connectivity index (χ0n) is 16.2. The molecule has 1 aliphatic rings. The minimum absolute atomic E-state index is 0.0671. The number of benzene rings is 1. The Labute approximate surface area is 165 Å². The molecule has 148 valence electrons. The summed E-state index contributed by atoms with van der Waals surface area (Å²) in [6.07, 6.45) is 5.32. The van der Waals surface area contributed by atoms with E-state index in [0.717, 1.165) is 44.2 Å². The first-order valence-corrected chi connectivity index (χ1v) is 9.69. The largest absolute Gasteiger partial charge is 0.490 e. The number of nitrogens with one attached hydrogen (secondary N) is 2. The number of hydrogen-bond acceptors (Lipinski definition) is 4. The lowest BCUT2D eigenvalue weighted by molar-refractivity contribution is -0.114. The molecule has 1 aromatic heterocycles. The summed E-state index contributed by atoms with van der Waals surface area (Å²) in [7, 11) is 0. The fourth-order valence-corrected chi connectivity index (χ4v) is 3.09. The molecule has 0 radical (unpaired) electrons. The highest BCUT2D eigenvalue weighted by molar-refractivity contribution is 5.93. The average Bonchev–Trinajstić information content (AvgIpc) is 2.73. The highest BCUT2D eigenvalue weighted by atomic mass is 16.5. The van der Waals surface area contributed by atoms with Crippen LogP contribution in [0.3, 0.4) is 0 Å². The van der Waals surface area contributed by atoms with Gasteiger partial charge >= 0.3 is 0 Å². The van der Waals surface area contributed by atoms with Gasteiger partial charge in [-0.05, 0) is 31.2 Å². The minimum Gasteiger partial charge on any atom is -0.490 e. The van der Waals surface area contributed by atoms with Crippen molar-refractivity contribution >= 4 is 17.6 Å². The van der Waals surface area contributed by atoms with Crippen LogP contribution in [0.2, 0.25) is 0 Å². The number of piperidine rings is 1. The van der Waals surface area contributed by atoms with Gasteiger partial charge in [-0.3, -0.25) is 9.78 Å². The number of rotatable bonds is 6. The quantitative estimate of drug-likeness (QED) is 0.594. The number of hydrogen-bond donors (Lipinski definition) is 2. The number of ether oxygens (including phenoxy) is 1. The lowest BCUT2D eigenvalue weighted by Gasteiger charge is -2.34. The van der Waals surface area contributed by atoms with E-state index in [0.29, 0.717) is 5.69 Å². The number of para-hydroxylation sites is 1. The Balaban J connectivity index is 1.51. The van der Waals surface area contributed by atoms with E-state index in [9.17, 15) is 4.79 Å². The molecule has 1 saturated heterocycles. The molecule has 0 atom stereocenters. The number of nitrogens with zero attached hydrogens (tertiary/aromatic N) is 3. The summed E-state index contributed by atoms with van der Waals surface area (Å²) >= 11 is 0. The van der Waals surface area contributed by atoms with Crippen LogP contribution in [0.1, 0.15) is 19.8 Å². The molecule has 1 aliphatic heterocycles. The van der Waals surface area contributed by atoms with Gasteiger partial charge < -0.3 is 20.3 Å². The summed E-state index contributed by atoms with van der Waals surface area (Å²) in [6, 6.07) is 13.5. The van der Waals surface area contributed by atoms with Crippen molar-refractivity contribution < 1.29 is 9.53 Å². The highest BCUT2D eigenvalue weighted by Crippen LogP contribution is 2.18. The van der Waals surface area contributed by atoms with Gasteiger partial charge in [-0.15, -0.1) is 0 Å². The zero-order chi connectivity index (χ0) is 19.6. The maximum Gasteiger partial charge on any atom is 0.246 e. The van der Waals surface area contributed by atoms with Crippen molar-refractivity contribution in [1.29, 1.82) is 0 Å². The van der Waals surface area contributed by atoms with Crippen molar-refractivity contribution in [3.63, 3.8) is 0 Å². The maximum absolute atomic E-state index is 12.1. The van der Waals surface area contributed by atoms with Gasteiger partial charge in [0.1, 0.15) is 18.4 Å². The molecule has 7 nitrogen and oxygen atoms in total. The second kappa shape index (κ2) is 10.3. The summed E-state index contributed by atoms with van der Waals surface area (Å²) in [4.78, 5) is 22.8. The highest BCUT2D eigenvalue weighted by Gasteiger charge is 2.22. The fourth-order valence-electron chi connectivity index (χ4n) is 3.09. The molecular formula is C21H27N5O2. The number of aromatic nitrogens is 1. The molecule has 28 heavy (non-hydrogen) atoms. The molecule has 2 aromatic rings. The standard InChI is InChI=1S/C21H27N5O2/c1-2-23-21(24-16-20(27)25-17-7-6-12-22-15-17)26-13-10-19(11-14-26)28-18-8-4-3-5-9-18/h3-9,12,15,19H,2,10-11,13-14,16H2,1H3,(H,23,24)(H,25,27). The van der Waals surface area contributed by atoms with Crippen LogP contribution >= 0.6 is 0 Å². The number of anilines is 1. The van der Waals surface area contributed by atoms with Gasteiger partial charge in [0, 0.05) is 38.7 Å². The van der Waals surface area contributed by atoms with Crippen molar-refractivity contribution in [3.8, 4) is 5.75 Å². The van der Waals surface area contributed by atoms with Crippen molar-refractivity contribution in [3.05, 3.63) is 54.9 Å². The monoisotopic (exact) mass is 381 g/mol. The van der Waals surface area contributed by atoms with Gasteiger partial charge in [-0.25, -0.2) is 4.99 Å². The van der Waals surface area contributed by atoms with Gasteiger partial charge in [0.2, 0.25) is 5.91 Å². The normalized spacial score (nSPS) is 15.2. The van der Waals surface area contributed by atoms with Gasteiger partial charge in [-0.2, -0.15) is 0 Å². The predicted molar refractivity (Wildman–Crippen MR) is 111 cm³/mol. The second-order valence-electron chi connectivity index (χ2n) is 6.58. The van der Waals surface area contributed by atoms with E-state index in [1.807, 2.05) is 37.3 Å². The lowest BCUT2D eigenvalue weighted by Crippen LogP contribution is -2.47. The van der Waals surface area contributed by atoms with Crippen LogP contribution in [-0.2, 0) is 4.79 Å². The van der Waals surface area contributed by atoms with Gasteiger partial charge in [0.15, 0.2) is 5.96 Å². The van der Waals surface area contributed by atoms with Crippen molar-refractivity contribution in [2.75, 3.05) is 31.5 Å². The molecule has 2 N–H and O–H groups in total. The first-order chi connectivity index (χ1) is 13.7. The SMILES string of the molecule is CCNC(=NCC(=O)Nc1cccnc1)N1CCC(Oc2ccccc2)CC1. The van der Waals surface area contributed by atoms with E-state index in [-0.39, 0.29) is 18.6 Å². The number of carbonyl (C=O) groups is 1. The third kappa shape index (κ3) is 5.97. The molecular weight excluding hydrogens is 354 g/mol.